The normalized spacial score (nSPS) is 31.1. The lowest BCUT2D eigenvalue weighted by molar-refractivity contribution is -0.134. The third-order valence-electron chi connectivity index (χ3n) is 5.32. The van der Waals surface area contributed by atoms with Crippen LogP contribution in [0.25, 0.3) is 0 Å². The number of likely N-dealkylation sites (N-methyl/N-ethyl adjacent to an activating group) is 1. The average molecular weight is 286 g/mol. The van der Waals surface area contributed by atoms with Gasteiger partial charge >= 0.3 is 0 Å². The van der Waals surface area contributed by atoms with Crippen LogP contribution in [0.4, 0.5) is 0 Å². The fraction of sp³-hybridized carbons (Fsp3) is 0.611. The molecule has 3 rings (SSSR count). The van der Waals surface area contributed by atoms with Crippen molar-refractivity contribution in [2.24, 2.45) is 5.92 Å². The summed E-state index contributed by atoms with van der Waals surface area (Å²) in [5, 5.41) is 3.60. The van der Waals surface area contributed by atoms with Crippen molar-refractivity contribution in [1.82, 2.24) is 10.2 Å². The maximum Gasteiger partial charge on any atom is 0.233 e. The molecular formula is C18H26N2O. The number of nitrogens with zero attached hydrogens (tertiary/aromatic N) is 1. The van der Waals surface area contributed by atoms with Gasteiger partial charge in [-0.1, -0.05) is 30.3 Å². The molecule has 1 saturated carbocycles. The summed E-state index contributed by atoms with van der Waals surface area (Å²) < 4.78 is 0. The lowest BCUT2D eigenvalue weighted by Crippen LogP contribution is -2.42. The van der Waals surface area contributed by atoms with Crippen molar-refractivity contribution in [1.29, 1.82) is 0 Å². The SMILES string of the molecule is CCN(CC)C(=O)[C@@]1(c2ccccc2)C[C@H]1C1CCCN1. The van der Waals surface area contributed by atoms with E-state index in [9.17, 15) is 4.79 Å². The van der Waals surface area contributed by atoms with Crippen LogP contribution in [-0.2, 0) is 10.2 Å². The molecule has 21 heavy (non-hydrogen) atoms. The van der Waals surface area contributed by atoms with E-state index >= 15 is 0 Å². The van der Waals surface area contributed by atoms with Crippen molar-refractivity contribution in [2.45, 2.75) is 44.6 Å². The van der Waals surface area contributed by atoms with Crippen LogP contribution in [0.2, 0.25) is 0 Å². The number of nitrogens with one attached hydrogen (secondary N) is 1. The zero-order valence-corrected chi connectivity index (χ0v) is 13.1. The van der Waals surface area contributed by atoms with Gasteiger partial charge in [-0.15, -0.1) is 0 Å². The molecule has 0 bridgehead atoms. The Bertz CT molecular complexity index is 491. The largest absolute Gasteiger partial charge is 0.342 e. The lowest BCUT2D eigenvalue weighted by atomic mass is 9.89. The summed E-state index contributed by atoms with van der Waals surface area (Å²) in [6.45, 7) is 6.85. The summed E-state index contributed by atoms with van der Waals surface area (Å²) in [6, 6.07) is 10.9. The molecule has 2 fully saturated rings. The Morgan fingerprint density at radius 3 is 2.57 bits per heavy atom. The van der Waals surface area contributed by atoms with Crippen LogP contribution in [0.3, 0.4) is 0 Å². The maximum atomic E-state index is 13.2. The molecule has 1 aliphatic heterocycles. The molecule has 0 radical (unpaired) electrons. The van der Waals surface area contributed by atoms with E-state index in [4.69, 9.17) is 0 Å². The van der Waals surface area contributed by atoms with E-state index in [1.807, 2.05) is 11.0 Å². The van der Waals surface area contributed by atoms with Crippen LogP contribution in [0.1, 0.15) is 38.7 Å². The van der Waals surface area contributed by atoms with Crippen molar-refractivity contribution >= 4 is 5.91 Å². The second-order valence-electron chi connectivity index (χ2n) is 6.33. The minimum absolute atomic E-state index is 0.269. The molecule has 1 heterocycles. The van der Waals surface area contributed by atoms with Gasteiger partial charge in [-0.25, -0.2) is 0 Å². The van der Waals surface area contributed by atoms with Gasteiger partial charge in [0.15, 0.2) is 0 Å². The predicted octanol–water partition coefficient (Wildman–Crippen LogP) is 2.56. The third kappa shape index (κ3) is 2.38. The number of hydrogen-bond acceptors (Lipinski definition) is 2. The number of amides is 1. The van der Waals surface area contributed by atoms with Crippen LogP contribution in [-0.4, -0.2) is 36.5 Å². The van der Waals surface area contributed by atoms with Gasteiger partial charge in [0.05, 0.1) is 5.41 Å². The number of rotatable bonds is 5. The van der Waals surface area contributed by atoms with Crippen LogP contribution >= 0.6 is 0 Å². The smallest absolute Gasteiger partial charge is 0.233 e. The van der Waals surface area contributed by atoms with Crippen molar-refractivity contribution in [3.63, 3.8) is 0 Å². The first kappa shape index (κ1) is 14.6. The highest BCUT2D eigenvalue weighted by molar-refractivity contribution is 5.92. The second kappa shape index (κ2) is 5.80. The van der Waals surface area contributed by atoms with E-state index in [0.29, 0.717) is 17.9 Å². The molecule has 0 spiro atoms. The van der Waals surface area contributed by atoms with E-state index in [0.717, 1.165) is 26.1 Å². The fourth-order valence-electron chi connectivity index (χ4n) is 4.06. The molecule has 1 amide bonds. The number of benzene rings is 1. The van der Waals surface area contributed by atoms with Gasteiger partial charge in [0, 0.05) is 19.1 Å². The Morgan fingerprint density at radius 2 is 2.00 bits per heavy atom. The van der Waals surface area contributed by atoms with E-state index in [1.54, 1.807) is 0 Å². The first-order valence-electron chi connectivity index (χ1n) is 8.32. The number of carbonyl (C=O) groups is 1. The Labute approximate surface area is 127 Å². The van der Waals surface area contributed by atoms with Crippen molar-refractivity contribution in [3.05, 3.63) is 35.9 Å². The van der Waals surface area contributed by atoms with Crippen molar-refractivity contribution in [3.8, 4) is 0 Å². The third-order valence-corrected chi connectivity index (χ3v) is 5.32. The summed E-state index contributed by atoms with van der Waals surface area (Å²) >= 11 is 0. The molecule has 1 aliphatic carbocycles. The topological polar surface area (TPSA) is 32.3 Å². The monoisotopic (exact) mass is 286 g/mol. The molecule has 3 nitrogen and oxygen atoms in total. The minimum atomic E-state index is -0.269. The van der Waals surface area contributed by atoms with Gasteiger partial charge in [-0.05, 0) is 51.1 Å². The van der Waals surface area contributed by atoms with Gasteiger partial charge in [0.25, 0.3) is 0 Å². The van der Waals surface area contributed by atoms with Crippen LogP contribution in [0, 0.1) is 5.92 Å². The second-order valence-corrected chi connectivity index (χ2v) is 6.33. The van der Waals surface area contributed by atoms with Gasteiger partial charge in [0.2, 0.25) is 5.91 Å². The molecule has 3 heteroatoms. The molecule has 1 unspecified atom stereocenters. The van der Waals surface area contributed by atoms with Crippen molar-refractivity contribution in [2.75, 3.05) is 19.6 Å². The molecule has 114 valence electrons. The van der Waals surface area contributed by atoms with E-state index in [2.05, 4.69) is 43.4 Å². The molecular weight excluding hydrogens is 260 g/mol. The first-order chi connectivity index (χ1) is 10.2. The van der Waals surface area contributed by atoms with Gasteiger partial charge < -0.3 is 10.2 Å². The molecule has 1 N–H and O–H groups in total. The molecule has 2 aliphatic rings. The quantitative estimate of drug-likeness (QED) is 0.902. The first-order valence-corrected chi connectivity index (χ1v) is 8.32. The Morgan fingerprint density at radius 1 is 1.29 bits per heavy atom. The van der Waals surface area contributed by atoms with E-state index in [-0.39, 0.29) is 5.41 Å². The van der Waals surface area contributed by atoms with E-state index in [1.165, 1.54) is 18.4 Å². The fourth-order valence-corrected chi connectivity index (χ4v) is 4.06. The highest BCUT2D eigenvalue weighted by Gasteiger charge is 2.64. The molecule has 1 aromatic rings. The Kier molecular flexibility index (Phi) is 4.03. The summed E-state index contributed by atoms with van der Waals surface area (Å²) in [7, 11) is 0. The van der Waals surface area contributed by atoms with Gasteiger partial charge in [-0.3, -0.25) is 4.79 Å². The summed E-state index contributed by atoms with van der Waals surface area (Å²) in [4.78, 5) is 15.2. The van der Waals surface area contributed by atoms with Gasteiger partial charge in [0.1, 0.15) is 0 Å². The standard InChI is InChI=1S/C18H26N2O/c1-3-20(4-2)17(21)18(14-9-6-5-7-10-14)13-15(18)16-11-8-12-19-16/h5-7,9-10,15-16,19H,3-4,8,11-13H2,1-2H3/t15-,16?,18+/m0/s1. The zero-order chi connectivity index (χ0) is 14.9. The van der Waals surface area contributed by atoms with Gasteiger partial charge in [-0.2, -0.15) is 0 Å². The Hall–Kier alpha value is -1.35. The molecule has 0 aromatic heterocycles. The molecule has 3 atom stereocenters. The minimum Gasteiger partial charge on any atom is -0.342 e. The summed E-state index contributed by atoms with van der Waals surface area (Å²) in [5.41, 5.74) is 0.940. The number of carbonyl (C=O) groups excluding carboxylic acids is 1. The highest BCUT2D eigenvalue weighted by Crippen LogP contribution is 2.58. The maximum absolute atomic E-state index is 13.2. The molecule has 1 saturated heterocycles. The highest BCUT2D eigenvalue weighted by atomic mass is 16.2. The summed E-state index contributed by atoms with van der Waals surface area (Å²) in [6.07, 6.45) is 3.46. The predicted molar refractivity (Wildman–Crippen MR) is 85.2 cm³/mol. The van der Waals surface area contributed by atoms with Crippen LogP contribution in [0.5, 0.6) is 0 Å². The van der Waals surface area contributed by atoms with E-state index < -0.39 is 0 Å². The zero-order valence-electron chi connectivity index (χ0n) is 13.1. The van der Waals surface area contributed by atoms with Crippen LogP contribution < -0.4 is 5.32 Å². The molecule has 1 aromatic carbocycles. The lowest BCUT2D eigenvalue weighted by Gasteiger charge is -2.27. The van der Waals surface area contributed by atoms with Crippen molar-refractivity contribution < 1.29 is 4.79 Å². The summed E-state index contributed by atoms with van der Waals surface area (Å²) in [5.74, 6) is 0.799. The van der Waals surface area contributed by atoms with Crippen LogP contribution in [0.15, 0.2) is 30.3 Å². The average Bonchev–Trinajstić information content (AvgIpc) is 3.06. The number of hydrogen-bond donors (Lipinski definition) is 1. The Balaban J connectivity index is 1.91.